The van der Waals surface area contributed by atoms with Gasteiger partial charge in [-0.25, -0.2) is 0 Å². The van der Waals surface area contributed by atoms with Crippen LogP contribution in [0.15, 0.2) is 48.5 Å². The Labute approximate surface area is 124 Å². The van der Waals surface area contributed by atoms with E-state index >= 15 is 0 Å². The number of ether oxygens (including phenoxy) is 2. The van der Waals surface area contributed by atoms with Gasteiger partial charge in [-0.15, -0.1) is 0 Å². The average molecular weight is 282 g/mol. The van der Waals surface area contributed by atoms with Gasteiger partial charge in [-0.3, -0.25) is 4.79 Å². The lowest BCUT2D eigenvalue weighted by Gasteiger charge is -2.10. The molecule has 0 spiro atoms. The van der Waals surface area contributed by atoms with Crippen LogP contribution in [-0.4, -0.2) is 20.0 Å². The molecule has 0 radical (unpaired) electrons. The maximum Gasteiger partial charge on any atom is 0.166 e. The van der Waals surface area contributed by atoms with Gasteiger partial charge in [-0.1, -0.05) is 30.3 Å². The molecule has 0 saturated heterocycles. The Hall–Kier alpha value is -2.29. The van der Waals surface area contributed by atoms with Gasteiger partial charge in [0.15, 0.2) is 5.78 Å². The van der Waals surface area contributed by atoms with Crippen LogP contribution in [0.1, 0.15) is 28.3 Å². The number of Topliss-reactive ketones (excluding diaryl/α,β-unsaturated/α-hetero) is 1. The molecular weight excluding hydrogens is 264 g/mol. The van der Waals surface area contributed by atoms with Crippen molar-refractivity contribution in [2.45, 2.75) is 12.3 Å². The minimum atomic E-state index is 0.0495. The second-order valence-corrected chi connectivity index (χ2v) is 5.29. The van der Waals surface area contributed by atoms with Crippen LogP contribution >= 0.6 is 0 Å². The monoisotopic (exact) mass is 282 g/mol. The Morgan fingerprint density at radius 1 is 1.05 bits per heavy atom. The number of carbonyl (C=O) groups is 1. The molecule has 21 heavy (non-hydrogen) atoms. The molecule has 1 aliphatic carbocycles. The summed E-state index contributed by atoms with van der Waals surface area (Å²) in [5, 5.41) is 0. The molecule has 1 saturated carbocycles. The molecule has 3 heteroatoms. The topological polar surface area (TPSA) is 35.5 Å². The zero-order chi connectivity index (χ0) is 14.8. The number of carbonyl (C=O) groups excluding carboxylic acids is 1. The summed E-state index contributed by atoms with van der Waals surface area (Å²) in [6, 6.07) is 15.2. The van der Waals surface area contributed by atoms with Gasteiger partial charge in [0.2, 0.25) is 0 Å². The van der Waals surface area contributed by atoms with Crippen molar-refractivity contribution < 1.29 is 14.3 Å². The highest BCUT2D eigenvalue weighted by Gasteiger charge is 2.45. The van der Waals surface area contributed by atoms with Crippen LogP contribution in [0.2, 0.25) is 0 Å². The van der Waals surface area contributed by atoms with Gasteiger partial charge in [0, 0.05) is 17.0 Å². The van der Waals surface area contributed by atoms with Crippen molar-refractivity contribution in [1.82, 2.24) is 0 Å². The fourth-order valence-electron chi connectivity index (χ4n) is 2.77. The summed E-state index contributed by atoms with van der Waals surface area (Å²) in [5.41, 5.74) is 1.85. The van der Waals surface area contributed by atoms with Crippen LogP contribution in [0, 0.1) is 5.92 Å². The van der Waals surface area contributed by atoms with E-state index in [0.29, 0.717) is 0 Å². The van der Waals surface area contributed by atoms with Gasteiger partial charge in [0.1, 0.15) is 11.5 Å². The van der Waals surface area contributed by atoms with Crippen LogP contribution in [0.4, 0.5) is 0 Å². The second kappa shape index (κ2) is 5.60. The molecule has 3 nitrogen and oxygen atoms in total. The zero-order valence-electron chi connectivity index (χ0n) is 12.2. The highest BCUT2D eigenvalue weighted by molar-refractivity contribution is 6.00. The van der Waals surface area contributed by atoms with Crippen LogP contribution < -0.4 is 9.47 Å². The molecule has 0 aromatic heterocycles. The van der Waals surface area contributed by atoms with Gasteiger partial charge >= 0.3 is 0 Å². The molecule has 2 aromatic carbocycles. The number of hydrogen-bond acceptors (Lipinski definition) is 3. The fourth-order valence-corrected chi connectivity index (χ4v) is 2.77. The maximum absolute atomic E-state index is 12.5. The molecule has 0 bridgehead atoms. The van der Waals surface area contributed by atoms with E-state index in [1.165, 1.54) is 0 Å². The molecule has 3 rings (SSSR count). The second-order valence-electron chi connectivity index (χ2n) is 5.29. The highest BCUT2D eigenvalue weighted by atomic mass is 16.5. The minimum Gasteiger partial charge on any atom is -0.497 e. The van der Waals surface area contributed by atoms with Gasteiger partial charge in [0.25, 0.3) is 0 Å². The third-order valence-corrected chi connectivity index (χ3v) is 4.02. The first-order chi connectivity index (χ1) is 10.2. The summed E-state index contributed by atoms with van der Waals surface area (Å²) >= 11 is 0. The first kappa shape index (κ1) is 13.7. The number of benzene rings is 2. The molecule has 0 N–H and O–H groups in total. The lowest BCUT2D eigenvalue weighted by atomic mass is 10.0. The molecule has 0 heterocycles. The Morgan fingerprint density at radius 3 is 2.48 bits per heavy atom. The van der Waals surface area contributed by atoms with E-state index < -0.39 is 0 Å². The van der Waals surface area contributed by atoms with Crippen molar-refractivity contribution >= 4 is 5.78 Å². The zero-order valence-corrected chi connectivity index (χ0v) is 12.2. The Morgan fingerprint density at radius 2 is 1.81 bits per heavy atom. The normalized spacial score (nSPS) is 19.9. The number of rotatable bonds is 5. The molecule has 2 unspecified atom stereocenters. The number of hydrogen-bond donors (Lipinski definition) is 0. The van der Waals surface area contributed by atoms with Crippen molar-refractivity contribution in [3.63, 3.8) is 0 Å². The van der Waals surface area contributed by atoms with Gasteiger partial charge in [-0.2, -0.15) is 0 Å². The van der Waals surface area contributed by atoms with E-state index in [1.807, 2.05) is 48.5 Å². The summed E-state index contributed by atoms with van der Waals surface area (Å²) in [4.78, 5) is 12.5. The Bertz CT molecular complexity index is 649. The van der Waals surface area contributed by atoms with Crippen LogP contribution in [-0.2, 0) is 0 Å². The molecule has 2 atom stereocenters. The van der Waals surface area contributed by atoms with Crippen LogP contribution in [0.25, 0.3) is 0 Å². The molecule has 0 amide bonds. The Balaban J connectivity index is 1.83. The molecule has 1 aliphatic rings. The predicted molar refractivity (Wildman–Crippen MR) is 81.2 cm³/mol. The first-order valence-electron chi connectivity index (χ1n) is 7.05. The summed E-state index contributed by atoms with van der Waals surface area (Å²) in [5.74, 6) is 2.11. The van der Waals surface area contributed by atoms with Crippen molar-refractivity contribution in [3.8, 4) is 11.5 Å². The Kier molecular flexibility index (Phi) is 3.65. The quantitative estimate of drug-likeness (QED) is 0.785. The minimum absolute atomic E-state index is 0.0495. The summed E-state index contributed by atoms with van der Waals surface area (Å²) in [6.45, 7) is 0. The van der Waals surface area contributed by atoms with Gasteiger partial charge < -0.3 is 9.47 Å². The summed E-state index contributed by atoms with van der Waals surface area (Å²) in [6.07, 6.45) is 0.872. The average Bonchev–Trinajstić information content (AvgIpc) is 3.34. The van der Waals surface area contributed by atoms with E-state index in [2.05, 4.69) is 0 Å². The van der Waals surface area contributed by atoms with E-state index in [9.17, 15) is 4.79 Å². The fraction of sp³-hybridized carbons (Fsp3) is 0.278. The third-order valence-electron chi connectivity index (χ3n) is 4.02. The molecule has 108 valence electrons. The largest absolute Gasteiger partial charge is 0.497 e. The standard InChI is InChI=1S/C18H18O3/c1-20-13-8-9-17(21-2)15(10-13)14-11-16(14)18(19)12-6-4-3-5-7-12/h3-10,14,16H,11H2,1-2H3. The molecule has 0 aliphatic heterocycles. The molecule has 1 fully saturated rings. The van der Waals surface area contributed by atoms with E-state index in [1.54, 1.807) is 14.2 Å². The third kappa shape index (κ3) is 2.64. The SMILES string of the molecule is COc1ccc(OC)c(C2CC2C(=O)c2ccccc2)c1. The summed E-state index contributed by atoms with van der Waals surface area (Å²) in [7, 11) is 3.30. The highest BCUT2D eigenvalue weighted by Crippen LogP contribution is 2.52. The van der Waals surface area contributed by atoms with Gasteiger partial charge in [-0.05, 0) is 30.5 Å². The van der Waals surface area contributed by atoms with E-state index in [-0.39, 0.29) is 17.6 Å². The molecule has 2 aromatic rings. The van der Waals surface area contributed by atoms with E-state index in [0.717, 1.165) is 29.0 Å². The number of ketones is 1. The van der Waals surface area contributed by atoms with Crippen molar-refractivity contribution in [2.75, 3.05) is 14.2 Å². The van der Waals surface area contributed by atoms with Crippen LogP contribution in [0.5, 0.6) is 11.5 Å². The van der Waals surface area contributed by atoms with Crippen LogP contribution in [0.3, 0.4) is 0 Å². The van der Waals surface area contributed by atoms with Crippen molar-refractivity contribution in [1.29, 1.82) is 0 Å². The predicted octanol–water partition coefficient (Wildman–Crippen LogP) is 3.69. The first-order valence-corrected chi connectivity index (χ1v) is 7.05. The van der Waals surface area contributed by atoms with Crippen molar-refractivity contribution in [3.05, 3.63) is 59.7 Å². The maximum atomic E-state index is 12.5. The summed E-state index contributed by atoms with van der Waals surface area (Å²) < 4.78 is 10.7. The van der Waals surface area contributed by atoms with Gasteiger partial charge in [0.05, 0.1) is 14.2 Å². The van der Waals surface area contributed by atoms with E-state index in [4.69, 9.17) is 9.47 Å². The number of methoxy groups -OCH3 is 2. The lowest BCUT2D eigenvalue weighted by molar-refractivity contribution is 0.0965. The lowest BCUT2D eigenvalue weighted by Crippen LogP contribution is -2.03. The molecular formula is C18H18O3. The van der Waals surface area contributed by atoms with Crippen molar-refractivity contribution in [2.24, 2.45) is 5.92 Å². The smallest absolute Gasteiger partial charge is 0.166 e.